The second-order valence-electron chi connectivity index (χ2n) is 5.52. The number of carbonyl (C=O) groups is 2. The summed E-state index contributed by atoms with van der Waals surface area (Å²) in [5.74, 6) is -0.682. The van der Waals surface area contributed by atoms with Crippen molar-refractivity contribution in [3.8, 4) is 11.3 Å². The first-order valence-corrected chi connectivity index (χ1v) is 7.76. The van der Waals surface area contributed by atoms with Crippen LogP contribution in [0.5, 0.6) is 0 Å². The number of anilines is 1. The molecule has 0 saturated carbocycles. The zero-order valence-corrected chi connectivity index (χ0v) is 13.7. The summed E-state index contributed by atoms with van der Waals surface area (Å²) in [6.07, 6.45) is -4.15. The van der Waals surface area contributed by atoms with E-state index in [1.165, 1.54) is 12.1 Å². The molecule has 0 aliphatic carbocycles. The molecule has 1 amide bonds. The minimum atomic E-state index is -4.61. The molecule has 3 rings (SSSR count). The van der Waals surface area contributed by atoms with Crippen molar-refractivity contribution in [3.05, 3.63) is 77.6 Å². The van der Waals surface area contributed by atoms with Gasteiger partial charge in [-0.3, -0.25) is 20.4 Å². The number of furan rings is 1. The van der Waals surface area contributed by atoms with E-state index in [1.807, 2.05) is 0 Å². The minimum Gasteiger partial charge on any atom is -0.453 e. The fourth-order valence-corrected chi connectivity index (χ4v) is 2.40. The van der Waals surface area contributed by atoms with Crippen LogP contribution in [-0.2, 0) is 6.18 Å². The molecular weight excluding hydrogens is 361 g/mol. The number of hydrazine groups is 1. The van der Waals surface area contributed by atoms with E-state index in [-0.39, 0.29) is 22.6 Å². The summed E-state index contributed by atoms with van der Waals surface area (Å²) in [6, 6.07) is 14.1. The van der Waals surface area contributed by atoms with E-state index in [1.54, 1.807) is 30.3 Å². The number of halogens is 3. The third-order valence-corrected chi connectivity index (χ3v) is 3.69. The SMILES string of the molecule is O=Cc1ccc(-c2ccc(C(F)(F)F)cc2C(=O)NNc2ccccc2)o1. The maximum atomic E-state index is 13.1. The molecule has 0 atom stereocenters. The normalized spacial score (nSPS) is 11.1. The van der Waals surface area contributed by atoms with Crippen LogP contribution in [0.2, 0.25) is 0 Å². The van der Waals surface area contributed by atoms with Crippen molar-refractivity contribution in [1.29, 1.82) is 0 Å². The maximum Gasteiger partial charge on any atom is 0.416 e. The Kier molecular flexibility index (Phi) is 4.98. The molecule has 0 aliphatic rings. The van der Waals surface area contributed by atoms with Crippen molar-refractivity contribution < 1.29 is 27.2 Å². The molecule has 1 aromatic heterocycles. The highest BCUT2D eigenvalue weighted by molar-refractivity contribution is 6.01. The summed E-state index contributed by atoms with van der Waals surface area (Å²) in [6.45, 7) is 0. The molecule has 2 aromatic carbocycles. The van der Waals surface area contributed by atoms with Gasteiger partial charge in [0.2, 0.25) is 0 Å². The van der Waals surface area contributed by atoms with Gasteiger partial charge in [-0.1, -0.05) is 18.2 Å². The molecule has 27 heavy (non-hydrogen) atoms. The Bertz CT molecular complexity index is 966. The van der Waals surface area contributed by atoms with Gasteiger partial charge in [-0.2, -0.15) is 13.2 Å². The molecule has 0 radical (unpaired) electrons. The van der Waals surface area contributed by atoms with Crippen LogP contribution >= 0.6 is 0 Å². The van der Waals surface area contributed by atoms with Crippen LogP contribution in [0.4, 0.5) is 18.9 Å². The topological polar surface area (TPSA) is 71.3 Å². The van der Waals surface area contributed by atoms with Crippen LogP contribution in [0, 0.1) is 0 Å². The lowest BCUT2D eigenvalue weighted by atomic mass is 10.0. The molecule has 2 N–H and O–H groups in total. The van der Waals surface area contributed by atoms with Gasteiger partial charge in [0.15, 0.2) is 12.0 Å². The number of hydrogen-bond acceptors (Lipinski definition) is 4. The fraction of sp³-hybridized carbons (Fsp3) is 0.0526. The largest absolute Gasteiger partial charge is 0.453 e. The van der Waals surface area contributed by atoms with Crippen LogP contribution in [0.15, 0.2) is 65.1 Å². The summed E-state index contributed by atoms with van der Waals surface area (Å²) in [5.41, 5.74) is 4.45. The van der Waals surface area contributed by atoms with Crippen LogP contribution in [0.3, 0.4) is 0 Å². The van der Waals surface area contributed by atoms with Crippen molar-refractivity contribution in [2.45, 2.75) is 6.18 Å². The van der Waals surface area contributed by atoms with E-state index in [9.17, 15) is 22.8 Å². The molecule has 0 spiro atoms. The highest BCUT2D eigenvalue weighted by Crippen LogP contribution is 2.34. The lowest BCUT2D eigenvalue weighted by Crippen LogP contribution is -2.30. The summed E-state index contributed by atoms with van der Waals surface area (Å²) < 4.78 is 44.4. The van der Waals surface area contributed by atoms with Gasteiger partial charge in [0.05, 0.1) is 16.8 Å². The number of rotatable bonds is 5. The second-order valence-corrected chi connectivity index (χ2v) is 5.52. The van der Waals surface area contributed by atoms with E-state index in [4.69, 9.17) is 4.42 Å². The first kappa shape index (κ1) is 18.2. The number of amides is 1. The number of benzene rings is 2. The Hall–Kier alpha value is -3.55. The molecule has 0 fully saturated rings. The van der Waals surface area contributed by atoms with Gasteiger partial charge in [0, 0.05) is 5.56 Å². The first-order valence-electron chi connectivity index (χ1n) is 7.76. The van der Waals surface area contributed by atoms with E-state index < -0.39 is 17.6 Å². The fourth-order valence-electron chi connectivity index (χ4n) is 2.40. The molecule has 0 unspecified atom stereocenters. The lowest BCUT2D eigenvalue weighted by Gasteiger charge is -2.13. The molecule has 1 heterocycles. The number of hydrogen-bond donors (Lipinski definition) is 2. The van der Waals surface area contributed by atoms with E-state index >= 15 is 0 Å². The van der Waals surface area contributed by atoms with Crippen molar-refractivity contribution in [1.82, 2.24) is 5.43 Å². The Morgan fingerprint density at radius 2 is 1.74 bits per heavy atom. The molecule has 0 bridgehead atoms. The monoisotopic (exact) mass is 374 g/mol. The number of alkyl halides is 3. The van der Waals surface area contributed by atoms with E-state index in [0.717, 1.165) is 18.2 Å². The quantitative estimate of drug-likeness (QED) is 0.508. The Morgan fingerprint density at radius 3 is 2.37 bits per heavy atom. The Labute approximate surface area is 151 Å². The highest BCUT2D eigenvalue weighted by Gasteiger charge is 2.32. The van der Waals surface area contributed by atoms with Crippen LogP contribution in [-0.4, -0.2) is 12.2 Å². The highest BCUT2D eigenvalue weighted by atomic mass is 19.4. The van der Waals surface area contributed by atoms with Gasteiger partial charge in [-0.25, -0.2) is 0 Å². The summed E-state index contributed by atoms with van der Waals surface area (Å²) >= 11 is 0. The lowest BCUT2D eigenvalue weighted by molar-refractivity contribution is -0.137. The number of carbonyl (C=O) groups excluding carboxylic acids is 2. The van der Waals surface area contributed by atoms with Gasteiger partial charge >= 0.3 is 6.18 Å². The molecule has 3 aromatic rings. The van der Waals surface area contributed by atoms with Gasteiger partial charge in [-0.05, 0) is 42.5 Å². The van der Waals surface area contributed by atoms with Crippen molar-refractivity contribution >= 4 is 17.9 Å². The van der Waals surface area contributed by atoms with Gasteiger partial charge in [0.25, 0.3) is 5.91 Å². The van der Waals surface area contributed by atoms with Crippen molar-refractivity contribution in [3.63, 3.8) is 0 Å². The third-order valence-electron chi connectivity index (χ3n) is 3.69. The molecular formula is C19H13F3N2O3. The summed E-state index contributed by atoms with van der Waals surface area (Å²) in [5, 5.41) is 0. The summed E-state index contributed by atoms with van der Waals surface area (Å²) in [7, 11) is 0. The average molecular weight is 374 g/mol. The minimum absolute atomic E-state index is 0.00123. The predicted molar refractivity (Wildman–Crippen MR) is 92.1 cm³/mol. The van der Waals surface area contributed by atoms with Crippen LogP contribution < -0.4 is 10.9 Å². The maximum absolute atomic E-state index is 13.1. The molecule has 0 saturated heterocycles. The predicted octanol–water partition coefficient (Wildman–Crippen LogP) is 4.53. The van der Waals surface area contributed by atoms with Crippen molar-refractivity contribution in [2.24, 2.45) is 0 Å². The standard InChI is InChI=1S/C19H13F3N2O3/c20-19(21,22)12-6-8-15(17-9-7-14(11-25)27-17)16(10-12)18(26)24-23-13-4-2-1-3-5-13/h1-11,23H,(H,24,26). The van der Waals surface area contributed by atoms with Gasteiger partial charge in [0.1, 0.15) is 5.76 Å². The molecule has 0 aliphatic heterocycles. The molecule has 5 nitrogen and oxygen atoms in total. The zero-order chi connectivity index (χ0) is 19.4. The second kappa shape index (κ2) is 7.36. The summed E-state index contributed by atoms with van der Waals surface area (Å²) in [4.78, 5) is 23.3. The molecule has 138 valence electrons. The van der Waals surface area contributed by atoms with E-state index in [2.05, 4.69) is 10.9 Å². The van der Waals surface area contributed by atoms with Crippen LogP contribution in [0.1, 0.15) is 26.5 Å². The average Bonchev–Trinajstić information content (AvgIpc) is 3.15. The van der Waals surface area contributed by atoms with Crippen LogP contribution in [0.25, 0.3) is 11.3 Å². The van der Waals surface area contributed by atoms with Gasteiger partial charge in [-0.15, -0.1) is 0 Å². The van der Waals surface area contributed by atoms with Crippen molar-refractivity contribution in [2.75, 3.05) is 5.43 Å². The van der Waals surface area contributed by atoms with E-state index in [0.29, 0.717) is 12.0 Å². The first-order chi connectivity index (χ1) is 12.9. The number of nitrogens with one attached hydrogen (secondary N) is 2. The Morgan fingerprint density at radius 1 is 1.00 bits per heavy atom. The smallest absolute Gasteiger partial charge is 0.416 e. The number of aldehydes is 1. The zero-order valence-electron chi connectivity index (χ0n) is 13.7. The Balaban J connectivity index is 1.96. The number of para-hydroxylation sites is 1. The third kappa shape index (κ3) is 4.17. The molecule has 8 heteroatoms. The van der Waals surface area contributed by atoms with Gasteiger partial charge < -0.3 is 4.42 Å².